The highest BCUT2D eigenvalue weighted by atomic mass is 32.1. The summed E-state index contributed by atoms with van der Waals surface area (Å²) < 4.78 is 6.97. The Morgan fingerprint density at radius 2 is 2.16 bits per heavy atom. The molecule has 0 spiro atoms. The average molecular weight is 353 g/mol. The van der Waals surface area contributed by atoms with Gasteiger partial charge >= 0.3 is 0 Å². The highest BCUT2D eigenvalue weighted by Gasteiger charge is 2.28. The number of nitrogens with zero attached hydrogens (tertiary/aromatic N) is 2. The quantitative estimate of drug-likeness (QED) is 0.767. The summed E-state index contributed by atoms with van der Waals surface area (Å²) in [5.74, 6) is 0.0510. The number of ether oxygens (including phenoxy) is 1. The van der Waals surface area contributed by atoms with Crippen LogP contribution in [-0.2, 0) is 4.74 Å². The van der Waals surface area contributed by atoms with E-state index in [0.717, 1.165) is 26.4 Å². The molecule has 2 N–H and O–H groups in total. The van der Waals surface area contributed by atoms with E-state index in [9.17, 15) is 4.79 Å². The average Bonchev–Trinajstić information content (AvgIpc) is 3.04. The van der Waals surface area contributed by atoms with Crippen molar-refractivity contribution in [2.45, 2.75) is 13.0 Å². The van der Waals surface area contributed by atoms with E-state index in [2.05, 4.69) is 4.98 Å². The summed E-state index contributed by atoms with van der Waals surface area (Å²) in [5, 5.41) is 1.11. The monoisotopic (exact) mass is 353 g/mol. The molecule has 0 radical (unpaired) electrons. The van der Waals surface area contributed by atoms with Gasteiger partial charge in [0.15, 0.2) is 0 Å². The molecule has 4 rings (SSSR count). The molecule has 1 amide bonds. The smallest absolute Gasteiger partial charge is 0.264 e. The van der Waals surface area contributed by atoms with Crippen LogP contribution in [-0.4, -0.2) is 35.5 Å². The number of thiophene rings is 1. The van der Waals surface area contributed by atoms with E-state index in [1.165, 1.54) is 11.3 Å². The second-order valence-corrected chi connectivity index (χ2v) is 7.31. The Hall–Kier alpha value is -2.44. The van der Waals surface area contributed by atoms with Crippen LogP contribution in [0.2, 0.25) is 0 Å². The number of nitrogen functional groups attached to an aromatic ring is 1. The molecule has 128 valence electrons. The highest BCUT2D eigenvalue weighted by Crippen LogP contribution is 2.28. The van der Waals surface area contributed by atoms with Crippen LogP contribution in [0.5, 0.6) is 0 Å². The largest absolute Gasteiger partial charge is 0.399 e. The molecule has 6 heteroatoms. The molecule has 3 heterocycles. The van der Waals surface area contributed by atoms with Crippen LogP contribution in [0.4, 0.5) is 5.69 Å². The zero-order chi connectivity index (χ0) is 17.4. The number of benzene rings is 1. The summed E-state index contributed by atoms with van der Waals surface area (Å²) in [6.07, 6.45) is -0.241. The number of pyridine rings is 1. The van der Waals surface area contributed by atoms with E-state index in [4.69, 9.17) is 10.5 Å². The van der Waals surface area contributed by atoms with Crippen LogP contribution in [0.15, 0.2) is 42.5 Å². The summed E-state index contributed by atoms with van der Waals surface area (Å²) in [4.78, 5) is 20.0. The number of hydrogen-bond donors (Lipinski definition) is 1. The number of aromatic nitrogens is 1. The first-order valence-electron chi connectivity index (χ1n) is 8.24. The van der Waals surface area contributed by atoms with Crippen LogP contribution in [0, 0.1) is 6.92 Å². The van der Waals surface area contributed by atoms with Crippen molar-refractivity contribution >= 4 is 33.0 Å². The number of aryl methyl sites for hydroxylation is 1. The lowest BCUT2D eigenvalue weighted by Gasteiger charge is -2.32. The number of hydrogen-bond acceptors (Lipinski definition) is 5. The summed E-state index contributed by atoms with van der Waals surface area (Å²) in [7, 11) is 0. The minimum atomic E-state index is -0.241. The topological polar surface area (TPSA) is 68.5 Å². The first-order valence-corrected chi connectivity index (χ1v) is 9.05. The third kappa shape index (κ3) is 3.23. The highest BCUT2D eigenvalue weighted by molar-refractivity contribution is 7.20. The van der Waals surface area contributed by atoms with E-state index in [1.807, 2.05) is 54.3 Å². The van der Waals surface area contributed by atoms with Gasteiger partial charge in [-0.1, -0.05) is 18.2 Å². The van der Waals surface area contributed by atoms with Crippen LogP contribution in [0.25, 0.3) is 10.1 Å². The molecule has 1 saturated heterocycles. The number of fused-ring (bicyclic) bond motifs is 1. The predicted molar refractivity (Wildman–Crippen MR) is 99.8 cm³/mol. The van der Waals surface area contributed by atoms with E-state index >= 15 is 0 Å². The number of carbonyl (C=O) groups is 1. The lowest BCUT2D eigenvalue weighted by Crippen LogP contribution is -2.42. The summed E-state index contributed by atoms with van der Waals surface area (Å²) in [6, 6.07) is 13.7. The van der Waals surface area contributed by atoms with E-state index in [0.29, 0.717) is 25.4 Å². The van der Waals surface area contributed by atoms with Crippen LogP contribution >= 0.6 is 11.3 Å². The molecule has 0 aliphatic carbocycles. The molecule has 2 aromatic heterocycles. The van der Waals surface area contributed by atoms with Gasteiger partial charge in [-0.05, 0) is 36.6 Å². The van der Waals surface area contributed by atoms with Crippen molar-refractivity contribution in [1.82, 2.24) is 9.88 Å². The van der Waals surface area contributed by atoms with Gasteiger partial charge in [-0.25, -0.2) is 0 Å². The van der Waals surface area contributed by atoms with Crippen LogP contribution < -0.4 is 5.73 Å². The Labute approximate surface area is 150 Å². The lowest BCUT2D eigenvalue weighted by atomic mass is 10.1. The number of anilines is 1. The molecular weight excluding hydrogens is 334 g/mol. The summed E-state index contributed by atoms with van der Waals surface area (Å²) >= 11 is 1.53. The molecule has 0 bridgehead atoms. The van der Waals surface area contributed by atoms with Gasteiger partial charge in [0.05, 0.1) is 23.7 Å². The Balaban J connectivity index is 1.57. The number of nitrogens with two attached hydrogens (primary N) is 1. The Kier molecular flexibility index (Phi) is 4.15. The lowest BCUT2D eigenvalue weighted by molar-refractivity contribution is -0.0245. The van der Waals surface area contributed by atoms with Gasteiger partial charge in [0.25, 0.3) is 5.91 Å². The van der Waals surface area contributed by atoms with E-state index in [1.54, 1.807) is 0 Å². The molecule has 1 atom stereocenters. The number of morpholine rings is 1. The van der Waals surface area contributed by atoms with E-state index < -0.39 is 0 Å². The minimum Gasteiger partial charge on any atom is -0.399 e. The van der Waals surface area contributed by atoms with Crippen LogP contribution in [0.3, 0.4) is 0 Å². The van der Waals surface area contributed by atoms with Gasteiger partial charge in [0.1, 0.15) is 6.10 Å². The van der Waals surface area contributed by atoms with Gasteiger partial charge in [-0.2, -0.15) is 0 Å². The van der Waals surface area contributed by atoms with Crippen molar-refractivity contribution in [2.75, 3.05) is 25.4 Å². The second-order valence-electron chi connectivity index (χ2n) is 6.23. The van der Waals surface area contributed by atoms with Gasteiger partial charge in [0.2, 0.25) is 0 Å². The number of carbonyl (C=O) groups excluding carboxylic acids is 1. The van der Waals surface area contributed by atoms with Gasteiger partial charge < -0.3 is 15.4 Å². The maximum absolute atomic E-state index is 12.9. The van der Waals surface area contributed by atoms with Gasteiger partial charge in [0, 0.05) is 22.6 Å². The van der Waals surface area contributed by atoms with Crippen molar-refractivity contribution in [3.05, 3.63) is 58.7 Å². The van der Waals surface area contributed by atoms with Crippen molar-refractivity contribution in [2.24, 2.45) is 0 Å². The van der Waals surface area contributed by atoms with Crippen molar-refractivity contribution in [3.63, 3.8) is 0 Å². The zero-order valence-electron chi connectivity index (χ0n) is 13.9. The molecular formula is C19H19N3O2S. The Morgan fingerprint density at radius 3 is 2.96 bits per heavy atom. The first kappa shape index (κ1) is 16.1. The Morgan fingerprint density at radius 1 is 1.32 bits per heavy atom. The normalized spacial score (nSPS) is 17.8. The fraction of sp³-hybridized carbons (Fsp3) is 0.263. The predicted octanol–water partition coefficient (Wildman–Crippen LogP) is 3.40. The third-order valence-electron chi connectivity index (χ3n) is 4.32. The number of amides is 1. The van der Waals surface area contributed by atoms with E-state index in [-0.39, 0.29) is 12.0 Å². The van der Waals surface area contributed by atoms with Crippen molar-refractivity contribution < 1.29 is 9.53 Å². The van der Waals surface area contributed by atoms with Crippen molar-refractivity contribution in [1.29, 1.82) is 0 Å². The van der Waals surface area contributed by atoms with Gasteiger partial charge in [-0.3, -0.25) is 9.78 Å². The molecule has 1 fully saturated rings. The molecule has 0 saturated carbocycles. The fourth-order valence-corrected chi connectivity index (χ4v) is 4.17. The molecule has 25 heavy (non-hydrogen) atoms. The molecule has 1 unspecified atom stereocenters. The molecule has 1 aromatic carbocycles. The molecule has 1 aliphatic rings. The number of rotatable bonds is 2. The molecule has 3 aromatic rings. The van der Waals surface area contributed by atoms with Crippen molar-refractivity contribution in [3.8, 4) is 0 Å². The summed E-state index contributed by atoms with van der Waals surface area (Å²) in [5.41, 5.74) is 8.22. The SMILES string of the molecule is Cc1cc(N)cc(C2CN(C(=O)c3cc4ccccc4s3)CCO2)n1. The fourth-order valence-electron chi connectivity index (χ4n) is 3.14. The standard InChI is InChI=1S/C19H19N3O2S/c1-12-8-14(20)10-15(21-12)16-11-22(6-7-24-16)19(23)18-9-13-4-2-3-5-17(13)25-18/h2-5,8-10,16H,6-7,11H2,1H3,(H2,20,21). The summed E-state index contributed by atoms with van der Waals surface area (Å²) in [6.45, 7) is 3.48. The maximum Gasteiger partial charge on any atom is 0.264 e. The Bertz CT molecular complexity index is 884. The first-order chi connectivity index (χ1) is 12.1. The molecule has 5 nitrogen and oxygen atoms in total. The van der Waals surface area contributed by atoms with Gasteiger partial charge in [-0.15, -0.1) is 11.3 Å². The molecule has 1 aliphatic heterocycles. The van der Waals surface area contributed by atoms with Crippen LogP contribution in [0.1, 0.15) is 27.2 Å². The second kappa shape index (κ2) is 6.46. The third-order valence-corrected chi connectivity index (χ3v) is 5.42. The minimum absolute atomic E-state index is 0.0510. The maximum atomic E-state index is 12.9. The zero-order valence-corrected chi connectivity index (χ0v) is 14.8.